The molecule has 10 rings (SSSR count). The van der Waals surface area contributed by atoms with Crippen molar-refractivity contribution in [3.63, 3.8) is 0 Å². The number of ether oxygens (including phenoxy) is 1. The molecular weight excluding hydrogens is 825 g/mol. The fourth-order valence-corrected chi connectivity index (χ4v) is 10.1. The molecule has 14 nitrogen and oxygen atoms in total. The van der Waals surface area contributed by atoms with Crippen LogP contribution in [-0.4, -0.2) is 98.5 Å². The highest BCUT2D eigenvalue weighted by atomic mass is 35.5. The SMILES string of the molecule is Cn1nc(C2CCC(=O)NC2=O)c2ccc([C@@H]3CCN(CC4CCN(c5ncc(Cl)c(Nc6ccc7c(c6)c6c(c(=O)n7C)OCC(F)(F)[C@H](C7CC7)N6)n5)CC4)C[C@H]3F)cc21. The number of fused-ring (bicyclic) bond motifs is 4. The van der Waals surface area contributed by atoms with E-state index in [2.05, 4.69) is 35.8 Å². The predicted molar refractivity (Wildman–Crippen MR) is 230 cm³/mol. The van der Waals surface area contributed by atoms with Crippen molar-refractivity contribution >= 4 is 68.4 Å². The summed E-state index contributed by atoms with van der Waals surface area (Å²) >= 11 is 6.61. The van der Waals surface area contributed by atoms with Gasteiger partial charge in [-0.15, -0.1) is 0 Å². The molecule has 4 atom stereocenters. The third-order valence-electron chi connectivity index (χ3n) is 13.5. The molecular formula is C44H48ClF3N10O4. The summed E-state index contributed by atoms with van der Waals surface area (Å²) in [6.07, 6.45) is 5.08. The third-order valence-corrected chi connectivity index (χ3v) is 13.8. The standard InChI is InChI=1S/C44H48ClF3N10O4/c1-55-33-9-6-26(18-30(33)37-38(42(55)61)62-22-44(47,48)39(52-37)24-3-4-24)50-40-31(45)19-49-43(53-40)58-15-11-23(12-16-58)20-57-14-13-27(32(46)21-57)25-5-7-28-34(17-25)56(2)54-36(28)29-8-10-35(59)51-41(29)60/h5-7,9,17-19,23-24,27,29,32,39,52H,3-4,8,10-16,20-22H2,1-2H3,(H,49,50,53)(H,51,59,60)/t27-,29?,32+,39-/m0/s1. The number of piperidine rings is 3. The summed E-state index contributed by atoms with van der Waals surface area (Å²) in [5, 5.41) is 15.1. The lowest BCUT2D eigenvalue weighted by Gasteiger charge is -2.39. The number of rotatable bonds is 8. The summed E-state index contributed by atoms with van der Waals surface area (Å²) in [5.74, 6) is -3.49. The second-order valence-electron chi connectivity index (χ2n) is 17.7. The van der Waals surface area contributed by atoms with E-state index in [0.717, 1.165) is 55.5 Å². The van der Waals surface area contributed by atoms with Crippen molar-refractivity contribution in [3.05, 3.63) is 69.2 Å². The van der Waals surface area contributed by atoms with Gasteiger partial charge < -0.3 is 29.7 Å². The Balaban J connectivity index is 0.773. The summed E-state index contributed by atoms with van der Waals surface area (Å²) in [6, 6.07) is 10.1. The molecule has 1 aliphatic carbocycles. The fourth-order valence-electron chi connectivity index (χ4n) is 9.96. The van der Waals surface area contributed by atoms with Crippen molar-refractivity contribution < 1.29 is 27.5 Å². The Morgan fingerprint density at radius 3 is 2.53 bits per heavy atom. The Bertz CT molecular complexity index is 2660. The zero-order valence-electron chi connectivity index (χ0n) is 34.5. The van der Waals surface area contributed by atoms with E-state index < -0.39 is 36.2 Å². The van der Waals surface area contributed by atoms with Gasteiger partial charge in [-0.25, -0.2) is 18.2 Å². The first-order valence-corrected chi connectivity index (χ1v) is 21.8. The average molecular weight is 873 g/mol. The summed E-state index contributed by atoms with van der Waals surface area (Å²) in [4.78, 5) is 51.2. The molecule has 1 unspecified atom stereocenters. The van der Waals surface area contributed by atoms with Crippen molar-refractivity contribution in [2.75, 3.05) is 54.9 Å². The molecule has 0 bridgehead atoms. The zero-order chi connectivity index (χ0) is 43.0. The molecule has 4 aliphatic heterocycles. The number of amides is 2. The number of alkyl halides is 3. The van der Waals surface area contributed by atoms with Crippen molar-refractivity contribution in [1.82, 2.24) is 34.5 Å². The second kappa shape index (κ2) is 15.7. The minimum atomic E-state index is -3.14. The van der Waals surface area contributed by atoms with Crippen LogP contribution in [-0.2, 0) is 23.7 Å². The Kier molecular flexibility index (Phi) is 10.3. The summed E-state index contributed by atoms with van der Waals surface area (Å²) in [7, 11) is 3.42. The normalized spacial score (nSPS) is 24.6. The number of carbonyl (C=O) groups is 2. The third kappa shape index (κ3) is 7.50. The molecule has 3 aromatic heterocycles. The van der Waals surface area contributed by atoms with Crippen LogP contribution in [0, 0.1) is 11.8 Å². The summed E-state index contributed by atoms with van der Waals surface area (Å²) in [5.41, 5.74) is 3.35. The minimum absolute atomic E-state index is 0.122. The van der Waals surface area contributed by atoms with Crippen molar-refractivity contribution in [1.29, 1.82) is 0 Å². The maximum absolute atomic E-state index is 16.0. The molecule has 3 saturated heterocycles. The van der Waals surface area contributed by atoms with Crippen LogP contribution in [0.15, 0.2) is 47.4 Å². The molecule has 2 aromatic carbocycles. The number of hydrogen-bond donors (Lipinski definition) is 3. The molecule has 18 heteroatoms. The van der Waals surface area contributed by atoms with E-state index in [1.54, 1.807) is 36.1 Å². The first-order chi connectivity index (χ1) is 29.8. The van der Waals surface area contributed by atoms with Crippen LogP contribution >= 0.6 is 11.6 Å². The van der Waals surface area contributed by atoms with Gasteiger partial charge in [-0.2, -0.15) is 10.1 Å². The monoisotopic (exact) mass is 872 g/mol. The van der Waals surface area contributed by atoms with Gasteiger partial charge in [-0.3, -0.25) is 24.4 Å². The van der Waals surface area contributed by atoms with E-state index in [1.807, 2.05) is 25.2 Å². The summed E-state index contributed by atoms with van der Waals surface area (Å²) in [6.45, 7) is 2.53. The van der Waals surface area contributed by atoms with Gasteiger partial charge in [-0.05, 0) is 86.7 Å². The van der Waals surface area contributed by atoms with Gasteiger partial charge in [0, 0.05) is 69.1 Å². The molecule has 4 fully saturated rings. The van der Waals surface area contributed by atoms with E-state index in [9.17, 15) is 14.4 Å². The molecule has 62 heavy (non-hydrogen) atoms. The maximum Gasteiger partial charge on any atom is 0.301 e. The molecule has 0 radical (unpaired) electrons. The first kappa shape index (κ1) is 40.6. The Hall–Kier alpha value is -5.42. The number of pyridine rings is 1. The van der Waals surface area contributed by atoms with Crippen LogP contribution < -0.4 is 31.1 Å². The van der Waals surface area contributed by atoms with E-state index in [1.165, 1.54) is 4.57 Å². The van der Waals surface area contributed by atoms with Crippen LogP contribution in [0.2, 0.25) is 5.02 Å². The number of aryl methyl sites for hydroxylation is 2. The van der Waals surface area contributed by atoms with Crippen LogP contribution in [0.25, 0.3) is 21.8 Å². The topological polar surface area (TPSA) is 152 Å². The van der Waals surface area contributed by atoms with Crippen molar-refractivity contribution in [3.8, 4) is 5.75 Å². The van der Waals surface area contributed by atoms with Crippen molar-refractivity contribution in [2.45, 2.75) is 74.9 Å². The number of carbonyl (C=O) groups excluding carboxylic acids is 2. The molecule has 5 aliphatic rings. The molecule has 1 saturated carbocycles. The molecule has 3 N–H and O–H groups in total. The first-order valence-electron chi connectivity index (χ1n) is 21.5. The van der Waals surface area contributed by atoms with Gasteiger partial charge in [-0.1, -0.05) is 23.7 Å². The number of likely N-dealkylation sites (tertiary alicyclic amines) is 1. The number of imide groups is 1. The van der Waals surface area contributed by atoms with Gasteiger partial charge in [0.2, 0.25) is 23.5 Å². The quantitative estimate of drug-likeness (QED) is 0.149. The van der Waals surface area contributed by atoms with Gasteiger partial charge in [0.15, 0.2) is 12.4 Å². The zero-order valence-corrected chi connectivity index (χ0v) is 35.2. The van der Waals surface area contributed by atoms with E-state index in [4.69, 9.17) is 21.3 Å². The van der Waals surface area contributed by atoms with Gasteiger partial charge >= 0.3 is 5.92 Å². The Morgan fingerprint density at radius 1 is 0.968 bits per heavy atom. The lowest BCUT2D eigenvalue weighted by molar-refractivity contribution is -0.134. The highest BCUT2D eigenvalue weighted by molar-refractivity contribution is 6.33. The largest absolute Gasteiger partial charge is 0.480 e. The number of halogens is 4. The van der Waals surface area contributed by atoms with Crippen LogP contribution in [0.5, 0.6) is 5.75 Å². The predicted octanol–water partition coefficient (Wildman–Crippen LogP) is 6.39. The summed E-state index contributed by atoms with van der Waals surface area (Å²) < 4.78 is 54.9. The van der Waals surface area contributed by atoms with E-state index >= 15 is 13.2 Å². The number of anilines is 4. The minimum Gasteiger partial charge on any atom is -0.480 e. The van der Waals surface area contributed by atoms with Crippen molar-refractivity contribution in [2.24, 2.45) is 25.9 Å². The highest BCUT2D eigenvalue weighted by Crippen LogP contribution is 2.46. The number of hydrogen-bond acceptors (Lipinski definition) is 11. The van der Waals surface area contributed by atoms with Gasteiger partial charge in [0.25, 0.3) is 5.56 Å². The number of benzene rings is 2. The molecule has 2 amide bonds. The highest BCUT2D eigenvalue weighted by Gasteiger charge is 2.51. The number of nitrogens with zero attached hydrogens (tertiary/aromatic N) is 7. The lowest BCUT2D eigenvalue weighted by Crippen LogP contribution is -2.45. The molecule has 0 spiro atoms. The Labute approximate surface area is 360 Å². The van der Waals surface area contributed by atoms with E-state index in [0.29, 0.717) is 77.2 Å². The second-order valence-corrected chi connectivity index (χ2v) is 18.1. The fraction of sp³-hybridized carbons (Fsp3) is 0.500. The van der Waals surface area contributed by atoms with Gasteiger partial charge in [0.05, 0.1) is 40.6 Å². The Morgan fingerprint density at radius 2 is 1.77 bits per heavy atom. The molecule has 5 aromatic rings. The smallest absolute Gasteiger partial charge is 0.301 e. The van der Waals surface area contributed by atoms with Crippen LogP contribution in [0.1, 0.15) is 68.0 Å². The maximum atomic E-state index is 16.0. The average Bonchev–Trinajstić information content (AvgIpc) is 4.06. The van der Waals surface area contributed by atoms with Gasteiger partial charge in [0.1, 0.15) is 11.2 Å². The number of nitrogens with one attached hydrogen (secondary N) is 3. The van der Waals surface area contributed by atoms with Crippen LogP contribution in [0.4, 0.5) is 36.3 Å². The molecule has 7 heterocycles. The lowest BCUT2D eigenvalue weighted by atomic mass is 9.86. The van der Waals surface area contributed by atoms with Crippen LogP contribution in [0.3, 0.4) is 0 Å². The molecule has 326 valence electrons. The number of aromatic nitrogens is 5. The van der Waals surface area contributed by atoms with E-state index in [-0.39, 0.29) is 41.5 Å².